The van der Waals surface area contributed by atoms with E-state index in [9.17, 15) is 14.4 Å². The van der Waals surface area contributed by atoms with Crippen LogP contribution in [-0.2, 0) is 6.54 Å². The number of benzene rings is 1. The predicted molar refractivity (Wildman–Crippen MR) is 108 cm³/mol. The molecule has 0 saturated heterocycles. The van der Waals surface area contributed by atoms with Crippen LogP contribution >= 0.6 is 0 Å². The first-order chi connectivity index (χ1) is 14.5. The summed E-state index contributed by atoms with van der Waals surface area (Å²) in [6.07, 6.45) is 2.12. The molecule has 3 N–H and O–H groups in total. The highest BCUT2D eigenvalue weighted by Crippen LogP contribution is 2.26. The summed E-state index contributed by atoms with van der Waals surface area (Å²) < 4.78 is 30.1. The van der Waals surface area contributed by atoms with Crippen molar-refractivity contribution in [3.63, 3.8) is 0 Å². The van der Waals surface area contributed by atoms with Crippen LogP contribution < -0.4 is 16.6 Å². The summed E-state index contributed by atoms with van der Waals surface area (Å²) in [5.74, 6) is -1.26. The van der Waals surface area contributed by atoms with Crippen molar-refractivity contribution < 1.29 is 8.78 Å². The smallest absolute Gasteiger partial charge is 0.263 e. The molecule has 0 atom stereocenters. The predicted octanol–water partition coefficient (Wildman–Crippen LogP) is 3.10. The number of hydrogen-bond donors (Lipinski definition) is 2. The number of pyridine rings is 2. The number of aromatic nitrogens is 3. The van der Waals surface area contributed by atoms with Gasteiger partial charge in [0.2, 0.25) is 0 Å². The monoisotopic (exact) mass is 404 g/mol. The van der Waals surface area contributed by atoms with Crippen molar-refractivity contribution in [2.75, 3.05) is 11.1 Å². The summed E-state index contributed by atoms with van der Waals surface area (Å²) in [7, 11) is 0. The lowest BCUT2D eigenvalue weighted by Crippen LogP contribution is -2.22. The van der Waals surface area contributed by atoms with Gasteiger partial charge in [0.1, 0.15) is 35.4 Å². The van der Waals surface area contributed by atoms with Gasteiger partial charge in [-0.2, -0.15) is 5.26 Å². The number of nitrogens with one attached hydrogen (secondary N) is 1. The lowest BCUT2D eigenvalue weighted by atomic mass is 10.00. The van der Waals surface area contributed by atoms with E-state index in [1.807, 2.05) is 6.07 Å². The number of fused-ring (bicyclic) bond motifs is 1. The van der Waals surface area contributed by atoms with Gasteiger partial charge in [-0.3, -0.25) is 9.20 Å². The fraction of sp³-hybridized carbons (Fsp3) is 0.0476. The Hall–Kier alpha value is -4.32. The number of nitrogen functional groups attached to an aromatic ring is 1. The molecule has 0 spiro atoms. The van der Waals surface area contributed by atoms with Crippen LogP contribution in [0, 0.1) is 23.0 Å². The summed E-state index contributed by atoms with van der Waals surface area (Å²) in [5, 5.41) is 12.1. The minimum Gasteiger partial charge on any atom is -0.382 e. The Morgan fingerprint density at radius 2 is 1.90 bits per heavy atom. The molecule has 1 aromatic carbocycles. The first-order valence-electron chi connectivity index (χ1n) is 8.83. The molecule has 4 rings (SSSR count). The number of nitrogens with two attached hydrogens (primary N) is 1. The average Bonchev–Trinajstić information content (AvgIpc) is 2.75. The van der Waals surface area contributed by atoms with E-state index >= 15 is 4.39 Å². The van der Waals surface area contributed by atoms with E-state index in [1.54, 1.807) is 30.3 Å². The van der Waals surface area contributed by atoms with Crippen molar-refractivity contribution in [3.8, 4) is 17.2 Å². The second-order valence-corrected chi connectivity index (χ2v) is 6.39. The molecule has 0 aliphatic rings. The van der Waals surface area contributed by atoms with Crippen molar-refractivity contribution in [3.05, 3.63) is 88.1 Å². The normalized spacial score (nSPS) is 10.7. The summed E-state index contributed by atoms with van der Waals surface area (Å²) >= 11 is 0. The fourth-order valence-corrected chi connectivity index (χ4v) is 3.22. The molecule has 7 nitrogen and oxygen atoms in total. The number of nitrogens with zero attached hydrogens (tertiary/aromatic N) is 4. The van der Waals surface area contributed by atoms with E-state index < -0.39 is 17.2 Å². The molecule has 3 heterocycles. The van der Waals surface area contributed by atoms with Gasteiger partial charge in [0.25, 0.3) is 5.56 Å². The zero-order valence-electron chi connectivity index (χ0n) is 15.4. The lowest BCUT2D eigenvalue weighted by Gasteiger charge is -2.15. The maximum absolute atomic E-state index is 15.4. The Balaban J connectivity index is 1.92. The van der Waals surface area contributed by atoms with Gasteiger partial charge >= 0.3 is 0 Å². The van der Waals surface area contributed by atoms with Crippen molar-refractivity contribution in [2.45, 2.75) is 6.54 Å². The Kier molecular flexibility index (Phi) is 4.82. The lowest BCUT2D eigenvalue weighted by molar-refractivity contribution is 0.602. The largest absolute Gasteiger partial charge is 0.382 e. The van der Waals surface area contributed by atoms with Gasteiger partial charge in [-0.05, 0) is 17.7 Å². The van der Waals surface area contributed by atoms with E-state index in [2.05, 4.69) is 15.3 Å². The Morgan fingerprint density at radius 1 is 1.13 bits per heavy atom. The fourth-order valence-electron chi connectivity index (χ4n) is 3.22. The van der Waals surface area contributed by atoms with Crippen LogP contribution in [0.1, 0.15) is 11.1 Å². The molecule has 3 aromatic heterocycles. The summed E-state index contributed by atoms with van der Waals surface area (Å²) in [6, 6.07) is 12.7. The molecule has 0 amide bonds. The highest BCUT2D eigenvalue weighted by Gasteiger charge is 2.20. The van der Waals surface area contributed by atoms with Crippen LogP contribution in [0.5, 0.6) is 0 Å². The van der Waals surface area contributed by atoms with E-state index in [4.69, 9.17) is 5.73 Å². The first kappa shape index (κ1) is 19.0. The topological polar surface area (TPSA) is 109 Å². The van der Waals surface area contributed by atoms with Gasteiger partial charge in [-0.25, -0.2) is 18.7 Å². The van der Waals surface area contributed by atoms with Crippen LogP contribution in [0.15, 0.2) is 59.8 Å². The van der Waals surface area contributed by atoms with E-state index in [-0.39, 0.29) is 40.4 Å². The SMILES string of the molecule is N#Cc1c(N)ncnc1NCc1c(-c2ccccc2)c(=O)n2cc(F)ccc2c1F. The van der Waals surface area contributed by atoms with Gasteiger partial charge < -0.3 is 11.1 Å². The maximum Gasteiger partial charge on any atom is 0.263 e. The molecule has 4 aromatic rings. The number of nitriles is 1. The molecule has 0 aliphatic carbocycles. The molecule has 0 unspecified atom stereocenters. The van der Waals surface area contributed by atoms with Crippen LogP contribution in [0.4, 0.5) is 20.4 Å². The molecule has 0 radical (unpaired) electrons. The highest BCUT2D eigenvalue weighted by molar-refractivity contribution is 5.71. The van der Waals surface area contributed by atoms with Gasteiger partial charge in [0.05, 0.1) is 11.1 Å². The zero-order chi connectivity index (χ0) is 21.3. The van der Waals surface area contributed by atoms with Crippen LogP contribution in [-0.4, -0.2) is 14.4 Å². The van der Waals surface area contributed by atoms with Crippen molar-refractivity contribution in [1.29, 1.82) is 5.26 Å². The van der Waals surface area contributed by atoms with Gasteiger partial charge in [0.15, 0.2) is 5.82 Å². The number of rotatable bonds is 4. The first-order valence-corrected chi connectivity index (χ1v) is 8.83. The van der Waals surface area contributed by atoms with Crippen molar-refractivity contribution in [2.24, 2.45) is 0 Å². The molecule has 0 aliphatic heterocycles. The van der Waals surface area contributed by atoms with Crippen molar-refractivity contribution in [1.82, 2.24) is 14.4 Å². The third kappa shape index (κ3) is 3.20. The quantitative estimate of drug-likeness (QED) is 0.541. The third-order valence-electron chi connectivity index (χ3n) is 4.62. The molecular weight excluding hydrogens is 390 g/mol. The zero-order valence-corrected chi connectivity index (χ0v) is 15.4. The molecule has 30 heavy (non-hydrogen) atoms. The van der Waals surface area contributed by atoms with Gasteiger partial charge in [-0.1, -0.05) is 30.3 Å². The molecule has 148 valence electrons. The maximum atomic E-state index is 15.4. The van der Waals surface area contributed by atoms with Gasteiger partial charge in [0, 0.05) is 18.3 Å². The highest BCUT2D eigenvalue weighted by atomic mass is 19.1. The molecular formula is C21H14F2N6O. The Labute approximate surface area is 169 Å². The average molecular weight is 404 g/mol. The van der Waals surface area contributed by atoms with Crippen LogP contribution in [0.2, 0.25) is 0 Å². The Bertz CT molecular complexity index is 1360. The molecule has 9 heteroatoms. The number of hydrogen-bond acceptors (Lipinski definition) is 6. The van der Waals surface area contributed by atoms with Crippen molar-refractivity contribution >= 4 is 17.2 Å². The third-order valence-corrected chi connectivity index (χ3v) is 4.62. The minimum absolute atomic E-state index is 0.0127. The summed E-state index contributed by atoms with van der Waals surface area (Å²) in [6.45, 7) is -0.162. The Morgan fingerprint density at radius 3 is 2.63 bits per heavy atom. The molecule has 0 fully saturated rings. The van der Waals surface area contributed by atoms with E-state index in [0.29, 0.717) is 5.56 Å². The standard InChI is InChI=1S/C21H14F2N6O/c22-13-6-7-16-18(23)15(9-26-20-14(8-24)19(25)27-11-28-20)17(21(30)29(16)10-13)12-4-2-1-3-5-12/h1-7,10-11H,9H2,(H3,25,26,27,28). The second kappa shape index (κ2) is 7.60. The van der Waals surface area contributed by atoms with E-state index in [1.165, 1.54) is 12.4 Å². The number of anilines is 2. The molecule has 0 saturated carbocycles. The molecule has 0 bridgehead atoms. The van der Waals surface area contributed by atoms with Crippen LogP contribution in [0.3, 0.4) is 0 Å². The number of halogens is 2. The minimum atomic E-state index is -0.693. The van der Waals surface area contributed by atoms with Gasteiger partial charge in [-0.15, -0.1) is 0 Å². The van der Waals surface area contributed by atoms with E-state index in [0.717, 1.165) is 16.7 Å². The summed E-state index contributed by atoms with van der Waals surface area (Å²) in [4.78, 5) is 20.9. The second-order valence-electron chi connectivity index (χ2n) is 6.39. The summed E-state index contributed by atoms with van der Waals surface area (Å²) in [5.41, 5.74) is 5.66. The van der Waals surface area contributed by atoms with Crippen LogP contribution in [0.25, 0.3) is 16.6 Å².